The summed E-state index contributed by atoms with van der Waals surface area (Å²) in [7, 11) is 0. The van der Waals surface area contributed by atoms with Gasteiger partial charge in [0.25, 0.3) is 0 Å². The van der Waals surface area contributed by atoms with Gasteiger partial charge < -0.3 is 0 Å². The standard InChI is InChI=1S/C8H12BrClN2/c1-2-12-8(4-3-5-9)7(10)6-11-12/h6H,2-5H2,1H3. The van der Waals surface area contributed by atoms with Crippen LogP contribution in [0.25, 0.3) is 0 Å². The molecule has 0 spiro atoms. The van der Waals surface area contributed by atoms with E-state index in [1.54, 1.807) is 6.20 Å². The summed E-state index contributed by atoms with van der Waals surface area (Å²) in [6.07, 6.45) is 3.82. The molecule has 0 aliphatic heterocycles. The smallest absolute Gasteiger partial charge is 0.0817 e. The molecule has 1 aromatic rings. The van der Waals surface area contributed by atoms with E-state index in [4.69, 9.17) is 11.6 Å². The second kappa shape index (κ2) is 4.87. The van der Waals surface area contributed by atoms with Crippen LogP contribution in [0.1, 0.15) is 19.0 Å². The predicted molar refractivity (Wildman–Crippen MR) is 55.0 cm³/mol. The highest BCUT2D eigenvalue weighted by atomic mass is 79.9. The molecule has 0 saturated carbocycles. The third kappa shape index (κ3) is 2.23. The van der Waals surface area contributed by atoms with E-state index in [1.165, 1.54) is 0 Å². The number of aryl methyl sites for hydroxylation is 1. The fourth-order valence-corrected chi connectivity index (χ4v) is 1.66. The number of hydrogen-bond donors (Lipinski definition) is 0. The van der Waals surface area contributed by atoms with E-state index < -0.39 is 0 Å². The summed E-state index contributed by atoms with van der Waals surface area (Å²) in [5, 5.41) is 5.96. The Labute approximate surface area is 86.0 Å². The maximum Gasteiger partial charge on any atom is 0.0817 e. The lowest BCUT2D eigenvalue weighted by Crippen LogP contribution is -2.02. The Morgan fingerprint density at radius 2 is 2.42 bits per heavy atom. The van der Waals surface area contributed by atoms with E-state index in [-0.39, 0.29) is 0 Å². The van der Waals surface area contributed by atoms with Gasteiger partial charge in [-0.3, -0.25) is 4.68 Å². The molecule has 0 radical (unpaired) electrons. The Bertz CT molecular complexity index is 247. The van der Waals surface area contributed by atoms with Gasteiger partial charge in [-0.1, -0.05) is 27.5 Å². The normalized spacial score (nSPS) is 10.6. The fraction of sp³-hybridized carbons (Fsp3) is 0.625. The van der Waals surface area contributed by atoms with E-state index in [2.05, 4.69) is 28.0 Å². The summed E-state index contributed by atoms with van der Waals surface area (Å²) < 4.78 is 1.95. The highest BCUT2D eigenvalue weighted by Crippen LogP contribution is 2.16. The van der Waals surface area contributed by atoms with Crippen molar-refractivity contribution in [2.75, 3.05) is 5.33 Å². The van der Waals surface area contributed by atoms with Crippen molar-refractivity contribution in [3.8, 4) is 0 Å². The zero-order valence-electron chi connectivity index (χ0n) is 7.06. The molecule has 12 heavy (non-hydrogen) atoms. The van der Waals surface area contributed by atoms with Crippen molar-refractivity contribution in [1.82, 2.24) is 9.78 Å². The lowest BCUT2D eigenvalue weighted by atomic mass is 10.2. The molecule has 0 unspecified atom stereocenters. The molecule has 0 amide bonds. The molecule has 0 N–H and O–H groups in total. The van der Waals surface area contributed by atoms with E-state index in [0.717, 1.165) is 35.4 Å². The van der Waals surface area contributed by atoms with Crippen LogP contribution in [0.4, 0.5) is 0 Å². The first-order chi connectivity index (χ1) is 5.79. The quantitative estimate of drug-likeness (QED) is 0.753. The Morgan fingerprint density at radius 1 is 1.67 bits per heavy atom. The lowest BCUT2D eigenvalue weighted by molar-refractivity contribution is 0.617. The van der Waals surface area contributed by atoms with Crippen molar-refractivity contribution in [2.45, 2.75) is 26.3 Å². The minimum Gasteiger partial charge on any atom is -0.268 e. The van der Waals surface area contributed by atoms with Crippen LogP contribution >= 0.6 is 27.5 Å². The first-order valence-corrected chi connectivity index (χ1v) is 5.55. The van der Waals surface area contributed by atoms with Crippen LogP contribution in [0.3, 0.4) is 0 Å². The van der Waals surface area contributed by atoms with Crippen LogP contribution in [-0.4, -0.2) is 15.1 Å². The molecular formula is C8H12BrClN2. The molecule has 0 bridgehead atoms. The van der Waals surface area contributed by atoms with Crippen molar-refractivity contribution in [3.05, 3.63) is 16.9 Å². The number of nitrogens with zero attached hydrogens (tertiary/aromatic N) is 2. The number of halogens is 2. The van der Waals surface area contributed by atoms with Crippen LogP contribution in [0.5, 0.6) is 0 Å². The van der Waals surface area contributed by atoms with Crippen LogP contribution < -0.4 is 0 Å². The van der Waals surface area contributed by atoms with Gasteiger partial charge in [0.05, 0.1) is 16.9 Å². The Kier molecular flexibility index (Phi) is 4.09. The van der Waals surface area contributed by atoms with Crippen LogP contribution in [0.15, 0.2) is 6.20 Å². The maximum atomic E-state index is 5.96. The monoisotopic (exact) mass is 250 g/mol. The molecule has 4 heteroatoms. The molecule has 0 aliphatic rings. The SMILES string of the molecule is CCn1ncc(Cl)c1CCCBr. The Balaban J connectivity index is 2.72. The van der Waals surface area contributed by atoms with Crippen molar-refractivity contribution >= 4 is 27.5 Å². The summed E-state index contributed by atoms with van der Waals surface area (Å²) >= 11 is 9.35. The van der Waals surface area contributed by atoms with Gasteiger partial charge in [-0.2, -0.15) is 5.10 Å². The summed E-state index contributed by atoms with van der Waals surface area (Å²) in [5.74, 6) is 0. The molecule has 0 aromatic carbocycles. The fourth-order valence-electron chi connectivity index (χ4n) is 1.14. The molecule has 1 heterocycles. The highest BCUT2D eigenvalue weighted by molar-refractivity contribution is 9.09. The van der Waals surface area contributed by atoms with Gasteiger partial charge in [-0.25, -0.2) is 0 Å². The number of alkyl halides is 1. The third-order valence-corrected chi connectivity index (χ3v) is 2.62. The summed E-state index contributed by atoms with van der Waals surface area (Å²) in [6.45, 7) is 2.96. The predicted octanol–water partition coefficient (Wildman–Crippen LogP) is 2.88. The molecule has 0 saturated heterocycles. The lowest BCUT2D eigenvalue weighted by Gasteiger charge is -2.03. The largest absolute Gasteiger partial charge is 0.268 e. The van der Waals surface area contributed by atoms with Gasteiger partial charge in [0.2, 0.25) is 0 Å². The van der Waals surface area contributed by atoms with E-state index >= 15 is 0 Å². The Morgan fingerprint density at radius 3 is 3.00 bits per heavy atom. The van der Waals surface area contributed by atoms with Gasteiger partial charge in [0, 0.05) is 11.9 Å². The van der Waals surface area contributed by atoms with Gasteiger partial charge >= 0.3 is 0 Å². The molecule has 0 atom stereocenters. The minimum absolute atomic E-state index is 0.790. The van der Waals surface area contributed by atoms with Crippen LogP contribution in [0.2, 0.25) is 5.02 Å². The van der Waals surface area contributed by atoms with Crippen molar-refractivity contribution in [3.63, 3.8) is 0 Å². The van der Waals surface area contributed by atoms with Gasteiger partial charge in [0.15, 0.2) is 0 Å². The summed E-state index contributed by atoms with van der Waals surface area (Å²) in [6, 6.07) is 0. The molecular weight excluding hydrogens is 239 g/mol. The third-order valence-electron chi connectivity index (χ3n) is 1.74. The maximum absolute atomic E-state index is 5.96. The van der Waals surface area contributed by atoms with E-state index in [0.29, 0.717) is 0 Å². The van der Waals surface area contributed by atoms with Crippen molar-refractivity contribution in [1.29, 1.82) is 0 Å². The molecule has 2 nitrogen and oxygen atoms in total. The molecule has 0 aliphatic carbocycles. The average Bonchev–Trinajstić information content (AvgIpc) is 2.43. The zero-order valence-corrected chi connectivity index (χ0v) is 9.40. The van der Waals surface area contributed by atoms with Crippen molar-refractivity contribution < 1.29 is 0 Å². The average molecular weight is 252 g/mol. The zero-order chi connectivity index (χ0) is 8.97. The summed E-state index contributed by atoms with van der Waals surface area (Å²) in [4.78, 5) is 0. The van der Waals surface area contributed by atoms with Gasteiger partial charge in [-0.15, -0.1) is 0 Å². The first kappa shape index (κ1) is 10.1. The molecule has 1 rings (SSSR count). The number of rotatable bonds is 4. The van der Waals surface area contributed by atoms with Crippen LogP contribution in [0, 0.1) is 0 Å². The highest BCUT2D eigenvalue weighted by Gasteiger charge is 2.06. The number of aromatic nitrogens is 2. The first-order valence-electron chi connectivity index (χ1n) is 4.05. The van der Waals surface area contributed by atoms with Crippen LogP contribution in [-0.2, 0) is 13.0 Å². The molecule has 68 valence electrons. The topological polar surface area (TPSA) is 17.8 Å². The Hall–Kier alpha value is -0.0200. The van der Waals surface area contributed by atoms with E-state index in [1.807, 2.05) is 4.68 Å². The number of hydrogen-bond acceptors (Lipinski definition) is 1. The van der Waals surface area contributed by atoms with Gasteiger partial charge in [-0.05, 0) is 19.8 Å². The van der Waals surface area contributed by atoms with Crippen molar-refractivity contribution in [2.24, 2.45) is 0 Å². The second-order valence-corrected chi connectivity index (χ2v) is 3.75. The molecule has 0 fully saturated rings. The van der Waals surface area contributed by atoms with E-state index in [9.17, 15) is 0 Å². The summed E-state index contributed by atoms with van der Waals surface area (Å²) in [5.41, 5.74) is 1.15. The minimum atomic E-state index is 0.790. The van der Waals surface area contributed by atoms with Gasteiger partial charge in [0.1, 0.15) is 0 Å². The second-order valence-electron chi connectivity index (χ2n) is 2.55. The molecule has 1 aromatic heterocycles.